The van der Waals surface area contributed by atoms with E-state index < -0.39 is 12.6 Å². The number of hydrogen-bond donors (Lipinski definition) is 1. The molecule has 0 saturated carbocycles. The number of methoxy groups -OCH3 is 1. The largest absolute Gasteiger partial charge is 0.503 e. The smallest absolute Gasteiger partial charge is 0.338 e. The molecule has 0 fully saturated rings. The fraction of sp³-hybridized carbons (Fsp3) is 0.280. The van der Waals surface area contributed by atoms with Crippen LogP contribution < -0.4 is 14.2 Å². The van der Waals surface area contributed by atoms with Crippen LogP contribution in [0.15, 0.2) is 46.9 Å². The second-order valence-electron chi connectivity index (χ2n) is 7.90. The molecule has 1 aliphatic heterocycles. The molecule has 0 spiro atoms. The Bertz CT molecular complexity index is 1250. The number of carbonyl (C=O) groups excluding carboxylic acids is 2. The van der Waals surface area contributed by atoms with Crippen molar-refractivity contribution in [3.8, 4) is 23.0 Å². The SMILES string of the molecule is COc1cc(C(=O)OCC(=O)c2cc(C)n(C[C@H]3COc4ccccc4O3)c2C)cc(Br)c1O. The average molecular weight is 530 g/mol. The zero-order chi connectivity index (χ0) is 24.4. The van der Waals surface area contributed by atoms with Gasteiger partial charge in [-0.05, 0) is 60.1 Å². The van der Waals surface area contributed by atoms with Crippen LogP contribution in [-0.2, 0) is 11.3 Å². The summed E-state index contributed by atoms with van der Waals surface area (Å²) in [6, 6.07) is 12.0. The van der Waals surface area contributed by atoms with Crippen molar-refractivity contribution in [3.05, 3.63) is 69.5 Å². The lowest BCUT2D eigenvalue weighted by Gasteiger charge is -2.27. The lowest BCUT2D eigenvalue weighted by atomic mass is 10.1. The first-order chi connectivity index (χ1) is 16.3. The Hall–Kier alpha value is -3.46. The number of aromatic hydroxyl groups is 1. The second kappa shape index (κ2) is 9.80. The normalized spacial score (nSPS) is 14.5. The number of phenols is 1. The molecule has 1 atom stereocenters. The first-order valence-corrected chi connectivity index (χ1v) is 11.4. The van der Waals surface area contributed by atoms with Crippen LogP contribution >= 0.6 is 15.9 Å². The minimum Gasteiger partial charge on any atom is -0.503 e. The standard InChI is InChI=1S/C25H24BrNO7/c1-14-8-18(15(2)27(14)11-17-12-32-21-6-4-5-7-22(21)34-17)20(28)13-33-25(30)16-9-19(26)24(29)23(10-16)31-3/h4-10,17,29H,11-13H2,1-3H3/t17-/m0/s1. The Kier molecular flexibility index (Phi) is 6.83. The zero-order valence-electron chi connectivity index (χ0n) is 19.0. The summed E-state index contributed by atoms with van der Waals surface area (Å²) >= 11 is 3.17. The van der Waals surface area contributed by atoms with E-state index in [1.807, 2.05) is 42.7 Å². The first-order valence-electron chi connectivity index (χ1n) is 10.6. The maximum atomic E-state index is 12.8. The number of aromatic nitrogens is 1. The highest BCUT2D eigenvalue weighted by molar-refractivity contribution is 9.10. The van der Waals surface area contributed by atoms with Gasteiger partial charge in [0.1, 0.15) is 6.61 Å². The second-order valence-corrected chi connectivity index (χ2v) is 8.76. The van der Waals surface area contributed by atoms with E-state index in [0.29, 0.717) is 24.5 Å². The van der Waals surface area contributed by atoms with Gasteiger partial charge in [-0.2, -0.15) is 0 Å². The van der Waals surface area contributed by atoms with Gasteiger partial charge in [0.25, 0.3) is 0 Å². The summed E-state index contributed by atoms with van der Waals surface area (Å²) in [5.74, 6) is 0.389. The van der Waals surface area contributed by atoms with Gasteiger partial charge in [0.15, 0.2) is 35.7 Å². The van der Waals surface area contributed by atoms with Gasteiger partial charge in [-0.15, -0.1) is 0 Å². The summed E-state index contributed by atoms with van der Waals surface area (Å²) in [4.78, 5) is 25.3. The molecule has 34 heavy (non-hydrogen) atoms. The topological polar surface area (TPSA) is 96.2 Å². The number of nitrogens with zero attached hydrogens (tertiary/aromatic N) is 1. The van der Waals surface area contributed by atoms with E-state index in [2.05, 4.69) is 15.9 Å². The summed E-state index contributed by atoms with van der Waals surface area (Å²) in [5.41, 5.74) is 2.28. The Labute approximate surface area is 205 Å². The van der Waals surface area contributed by atoms with Crippen LogP contribution in [0.3, 0.4) is 0 Å². The number of ketones is 1. The van der Waals surface area contributed by atoms with Gasteiger partial charge in [0.05, 0.1) is 23.7 Å². The van der Waals surface area contributed by atoms with Gasteiger partial charge in [-0.25, -0.2) is 4.79 Å². The number of benzene rings is 2. The number of phenolic OH excluding ortho intramolecular Hbond substituents is 1. The summed E-state index contributed by atoms with van der Waals surface area (Å²) in [6.45, 7) is 4.26. The molecule has 0 bridgehead atoms. The Morgan fingerprint density at radius 3 is 2.65 bits per heavy atom. The minimum absolute atomic E-state index is 0.118. The third-order valence-electron chi connectivity index (χ3n) is 5.65. The van der Waals surface area contributed by atoms with Crippen molar-refractivity contribution in [2.24, 2.45) is 0 Å². The number of ether oxygens (including phenoxy) is 4. The lowest BCUT2D eigenvalue weighted by Crippen LogP contribution is -2.33. The lowest BCUT2D eigenvalue weighted by molar-refractivity contribution is 0.0474. The number of fused-ring (bicyclic) bond motifs is 1. The molecule has 0 saturated heterocycles. The maximum absolute atomic E-state index is 12.8. The van der Waals surface area contributed by atoms with E-state index in [-0.39, 0.29) is 33.4 Å². The number of esters is 1. The number of carbonyl (C=O) groups is 2. The summed E-state index contributed by atoms with van der Waals surface area (Å²) in [6.07, 6.45) is -0.205. The minimum atomic E-state index is -0.701. The third kappa shape index (κ3) is 4.75. The monoisotopic (exact) mass is 529 g/mol. The number of para-hydroxylation sites is 2. The van der Waals surface area contributed by atoms with Gasteiger partial charge in [0, 0.05) is 17.0 Å². The van der Waals surface area contributed by atoms with E-state index >= 15 is 0 Å². The molecule has 1 aromatic heterocycles. The number of aryl methyl sites for hydroxylation is 1. The van der Waals surface area contributed by atoms with E-state index in [9.17, 15) is 14.7 Å². The zero-order valence-corrected chi connectivity index (χ0v) is 20.5. The van der Waals surface area contributed by atoms with Crippen LogP contribution in [0.2, 0.25) is 0 Å². The van der Waals surface area contributed by atoms with Crippen molar-refractivity contribution in [2.75, 3.05) is 20.3 Å². The molecule has 9 heteroatoms. The molecule has 0 aliphatic carbocycles. The molecule has 0 unspecified atom stereocenters. The molecule has 2 heterocycles. The van der Waals surface area contributed by atoms with Crippen molar-refractivity contribution >= 4 is 27.7 Å². The molecule has 2 aromatic carbocycles. The highest BCUT2D eigenvalue weighted by atomic mass is 79.9. The van der Waals surface area contributed by atoms with Crippen molar-refractivity contribution < 1.29 is 33.6 Å². The predicted molar refractivity (Wildman–Crippen MR) is 127 cm³/mol. The molecule has 4 rings (SSSR count). The Morgan fingerprint density at radius 2 is 1.91 bits per heavy atom. The Balaban J connectivity index is 1.42. The predicted octanol–water partition coefficient (Wildman–Crippen LogP) is 4.46. The van der Waals surface area contributed by atoms with Crippen molar-refractivity contribution in [1.82, 2.24) is 4.57 Å². The summed E-state index contributed by atoms with van der Waals surface area (Å²) in [7, 11) is 1.37. The molecule has 1 N–H and O–H groups in total. The first kappa shape index (κ1) is 23.7. The fourth-order valence-electron chi connectivity index (χ4n) is 3.86. The van der Waals surface area contributed by atoms with Crippen LogP contribution in [0, 0.1) is 13.8 Å². The van der Waals surface area contributed by atoms with Gasteiger partial charge in [-0.3, -0.25) is 4.79 Å². The average Bonchev–Trinajstić information content (AvgIpc) is 3.12. The van der Waals surface area contributed by atoms with E-state index in [1.165, 1.54) is 19.2 Å². The molecular formula is C25H24BrNO7. The summed E-state index contributed by atoms with van der Waals surface area (Å²) in [5, 5.41) is 9.90. The molecular weight excluding hydrogens is 506 g/mol. The maximum Gasteiger partial charge on any atom is 0.338 e. The third-order valence-corrected chi connectivity index (χ3v) is 6.25. The van der Waals surface area contributed by atoms with Crippen molar-refractivity contribution in [1.29, 1.82) is 0 Å². The van der Waals surface area contributed by atoms with E-state index in [1.54, 1.807) is 6.07 Å². The van der Waals surface area contributed by atoms with E-state index in [4.69, 9.17) is 18.9 Å². The molecule has 0 radical (unpaired) electrons. The highest BCUT2D eigenvalue weighted by Crippen LogP contribution is 2.35. The number of rotatable bonds is 7. The molecule has 0 amide bonds. The molecule has 178 valence electrons. The number of Topliss-reactive ketones (excluding diaryl/α,β-unsaturated/α-hetero) is 1. The van der Waals surface area contributed by atoms with Gasteiger partial charge < -0.3 is 28.6 Å². The van der Waals surface area contributed by atoms with Crippen LogP contribution in [0.25, 0.3) is 0 Å². The number of halogens is 1. The highest BCUT2D eigenvalue weighted by Gasteiger charge is 2.24. The van der Waals surface area contributed by atoms with Crippen LogP contribution in [0.5, 0.6) is 23.0 Å². The molecule has 1 aliphatic rings. The van der Waals surface area contributed by atoms with Crippen LogP contribution in [0.4, 0.5) is 0 Å². The summed E-state index contributed by atoms with van der Waals surface area (Å²) < 4.78 is 24.4. The van der Waals surface area contributed by atoms with Gasteiger partial charge in [-0.1, -0.05) is 12.1 Å². The van der Waals surface area contributed by atoms with Gasteiger partial charge >= 0.3 is 5.97 Å². The van der Waals surface area contributed by atoms with Crippen molar-refractivity contribution in [3.63, 3.8) is 0 Å². The van der Waals surface area contributed by atoms with Gasteiger partial charge in [0.2, 0.25) is 5.78 Å². The Morgan fingerprint density at radius 1 is 1.18 bits per heavy atom. The van der Waals surface area contributed by atoms with Crippen LogP contribution in [0.1, 0.15) is 32.1 Å². The molecule has 3 aromatic rings. The van der Waals surface area contributed by atoms with Crippen LogP contribution in [-0.4, -0.2) is 47.9 Å². The fourth-order valence-corrected chi connectivity index (χ4v) is 4.30. The molecule has 8 nitrogen and oxygen atoms in total. The van der Waals surface area contributed by atoms with E-state index in [0.717, 1.165) is 17.1 Å². The number of hydrogen-bond acceptors (Lipinski definition) is 7. The quantitative estimate of drug-likeness (QED) is 0.356. The van der Waals surface area contributed by atoms with Crippen molar-refractivity contribution in [2.45, 2.75) is 26.5 Å².